The Labute approximate surface area is 105 Å². The van der Waals surface area contributed by atoms with Crippen molar-refractivity contribution in [2.24, 2.45) is 0 Å². The first-order chi connectivity index (χ1) is 8.48. The van der Waals surface area contributed by atoms with Crippen LogP contribution in [0.3, 0.4) is 0 Å². The summed E-state index contributed by atoms with van der Waals surface area (Å²) in [6.45, 7) is 0. The van der Waals surface area contributed by atoms with Crippen molar-refractivity contribution in [3.63, 3.8) is 0 Å². The number of halogens is 4. The number of thiophene rings is 1. The second kappa shape index (κ2) is 4.85. The van der Waals surface area contributed by atoms with Gasteiger partial charge in [-0.05, 0) is 29.4 Å². The first-order valence-corrected chi connectivity index (χ1v) is 6.15. The van der Waals surface area contributed by atoms with Crippen LogP contribution >= 0.6 is 11.3 Å². The predicted octanol–water partition coefficient (Wildman–Crippen LogP) is 4.06. The molecule has 0 aliphatic heterocycles. The smallest absolute Gasteiger partial charge is 0.308 e. The maximum Gasteiger partial charge on any atom is 0.326 e. The Bertz CT molecular complexity index is 538. The fourth-order valence-electron chi connectivity index (χ4n) is 1.90. The summed E-state index contributed by atoms with van der Waals surface area (Å²) in [4.78, 5) is 0. The van der Waals surface area contributed by atoms with Crippen LogP contribution in [0.15, 0.2) is 29.6 Å². The lowest BCUT2D eigenvalue weighted by atomic mass is 10.0. The van der Waals surface area contributed by atoms with Gasteiger partial charge in [0.05, 0.1) is 0 Å². The maximum atomic E-state index is 13.5. The lowest BCUT2D eigenvalue weighted by molar-refractivity contribution is -0.150. The Kier molecular flexibility index (Phi) is 3.59. The Morgan fingerprint density at radius 3 is 2.50 bits per heavy atom. The third-order valence-electron chi connectivity index (χ3n) is 2.79. The average Bonchev–Trinajstić information content (AvgIpc) is 2.74. The number of hydrogen-bond acceptors (Lipinski definition) is 2. The van der Waals surface area contributed by atoms with Crippen molar-refractivity contribution < 1.29 is 17.6 Å². The van der Waals surface area contributed by atoms with E-state index in [2.05, 4.69) is 5.32 Å². The van der Waals surface area contributed by atoms with E-state index in [1.165, 1.54) is 23.8 Å². The summed E-state index contributed by atoms with van der Waals surface area (Å²) in [6, 6.07) is 5.23. The van der Waals surface area contributed by atoms with Gasteiger partial charge in [0.1, 0.15) is 6.04 Å². The lowest BCUT2D eigenvalue weighted by Gasteiger charge is -2.25. The number of fused-ring (bicyclic) bond motifs is 1. The zero-order valence-electron chi connectivity index (χ0n) is 9.46. The molecule has 6 heteroatoms. The molecule has 0 radical (unpaired) electrons. The van der Waals surface area contributed by atoms with Gasteiger partial charge >= 0.3 is 12.3 Å². The largest absolute Gasteiger partial charge is 0.326 e. The Morgan fingerprint density at radius 2 is 1.89 bits per heavy atom. The summed E-state index contributed by atoms with van der Waals surface area (Å²) in [6.07, 6.45) is -3.70. The fraction of sp³-hybridized carbons (Fsp3) is 0.333. The Hall–Kier alpha value is -1.14. The molecule has 1 aromatic carbocycles. The number of nitrogens with one attached hydrogen (secondary N) is 1. The molecule has 98 valence electrons. The third kappa shape index (κ3) is 2.10. The predicted molar refractivity (Wildman–Crippen MR) is 64.6 cm³/mol. The van der Waals surface area contributed by atoms with Crippen LogP contribution in [-0.4, -0.2) is 19.4 Å². The van der Waals surface area contributed by atoms with E-state index in [0.717, 1.165) is 4.70 Å². The molecule has 0 aliphatic rings. The molecule has 1 aromatic heterocycles. The molecule has 18 heavy (non-hydrogen) atoms. The summed E-state index contributed by atoms with van der Waals surface area (Å²) in [5.41, 5.74) is 0.211. The molecule has 0 spiro atoms. The van der Waals surface area contributed by atoms with E-state index >= 15 is 0 Å². The summed E-state index contributed by atoms with van der Waals surface area (Å²) in [5.74, 6) is -4.10. The van der Waals surface area contributed by atoms with Crippen LogP contribution < -0.4 is 5.32 Å². The van der Waals surface area contributed by atoms with Gasteiger partial charge in [0.15, 0.2) is 0 Å². The minimum Gasteiger partial charge on any atom is -0.308 e. The van der Waals surface area contributed by atoms with Crippen molar-refractivity contribution in [3.8, 4) is 0 Å². The molecule has 2 rings (SSSR count). The van der Waals surface area contributed by atoms with Crippen LogP contribution in [0.1, 0.15) is 11.6 Å². The first kappa shape index (κ1) is 13.3. The van der Waals surface area contributed by atoms with Crippen molar-refractivity contribution in [3.05, 3.63) is 35.2 Å². The summed E-state index contributed by atoms with van der Waals surface area (Å²) < 4.78 is 52.7. The van der Waals surface area contributed by atoms with Gasteiger partial charge in [-0.15, -0.1) is 11.3 Å². The quantitative estimate of drug-likeness (QED) is 0.831. The highest BCUT2D eigenvalue weighted by Gasteiger charge is 2.49. The van der Waals surface area contributed by atoms with Gasteiger partial charge in [0.2, 0.25) is 0 Å². The number of rotatable bonds is 4. The molecule has 0 aliphatic carbocycles. The van der Waals surface area contributed by atoms with E-state index in [1.807, 2.05) is 0 Å². The van der Waals surface area contributed by atoms with Gasteiger partial charge in [-0.25, -0.2) is 8.78 Å². The molecule has 0 saturated heterocycles. The van der Waals surface area contributed by atoms with Crippen LogP contribution in [0.2, 0.25) is 0 Å². The number of alkyl halides is 4. The second-order valence-electron chi connectivity index (χ2n) is 3.88. The average molecular weight is 277 g/mol. The molecule has 0 saturated carbocycles. The van der Waals surface area contributed by atoms with Gasteiger partial charge in [-0.1, -0.05) is 18.2 Å². The highest BCUT2D eigenvalue weighted by Crippen LogP contribution is 2.40. The SMILES string of the molecule is CNC(c1csc2ccccc12)C(F)(F)C(F)F. The van der Waals surface area contributed by atoms with Crippen molar-refractivity contribution in [2.75, 3.05) is 7.05 Å². The van der Waals surface area contributed by atoms with Gasteiger partial charge in [-0.3, -0.25) is 0 Å². The summed E-state index contributed by atoms with van der Waals surface area (Å²) >= 11 is 1.27. The standard InChI is InChI=1S/C12H11F4NS/c1-17-10(12(15,16)11(13)14)8-6-18-9-5-3-2-4-7(8)9/h2-6,10-11,17H,1H3. The number of hydrogen-bond donors (Lipinski definition) is 1. The van der Waals surface area contributed by atoms with Crippen molar-refractivity contribution in [2.45, 2.75) is 18.4 Å². The van der Waals surface area contributed by atoms with Crippen molar-refractivity contribution >= 4 is 21.4 Å². The normalized spacial score (nSPS) is 14.3. The Balaban J connectivity index is 2.51. The molecule has 1 unspecified atom stereocenters. The lowest BCUT2D eigenvalue weighted by Crippen LogP contribution is -2.41. The van der Waals surface area contributed by atoms with E-state index in [4.69, 9.17) is 0 Å². The maximum absolute atomic E-state index is 13.5. The molecule has 1 atom stereocenters. The summed E-state index contributed by atoms with van der Waals surface area (Å²) in [5, 5.41) is 4.38. The van der Waals surface area contributed by atoms with Gasteiger partial charge in [-0.2, -0.15) is 8.78 Å². The van der Waals surface area contributed by atoms with Crippen LogP contribution in [0.4, 0.5) is 17.6 Å². The summed E-state index contributed by atoms with van der Waals surface area (Å²) in [7, 11) is 1.26. The van der Waals surface area contributed by atoms with E-state index in [1.54, 1.807) is 24.3 Å². The first-order valence-electron chi connectivity index (χ1n) is 5.27. The number of benzene rings is 1. The van der Waals surface area contributed by atoms with Crippen LogP contribution in [0, 0.1) is 0 Å². The van der Waals surface area contributed by atoms with Crippen LogP contribution in [0.25, 0.3) is 10.1 Å². The van der Waals surface area contributed by atoms with Gasteiger partial charge < -0.3 is 5.32 Å². The molecule has 1 nitrogen and oxygen atoms in total. The van der Waals surface area contributed by atoms with E-state index in [-0.39, 0.29) is 5.56 Å². The van der Waals surface area contributed by atoms with Gasteiger partial charge in [0.25, 0.3) is 0 Å². The van der Waals surface area contributed by atoms with Crippen molar-refractivity contribution in [1.29, 1.82) is 0 Å². The van der Waals surface area contributed by atoms with E-state index in [9.17, 15) is 17.6 Å². The zero-order chi connectivity index (χ0) is 13.3. The Morgan fingerprint density at radius 1 is 1.22 bits per heavy atom. The molecule has 1 heterocycles. The minimum absolute atomic E-state index is 0.211. The third-order valence-corrected chi connectivity index (χ3v) is 3.77. The van der Waals surface area contributed by atoms with E-state index < -0.39 is 18.4 Å². The van der Waals surface area contributed by atoms with Gasteiger partial charge in [0, 0.05) is 4.70 Å². The monoisotopic (exact) mass is 277 g/mol. The molecular formula is C12H11F4NS. The minimum atomic E-state index is -4.10. The van der Waals surface area contributed by atoms with Crippen LogP contribution in [-0.2, 0) is 0 Å². The fourth-order valence-corrected chi connectivity index (χ4v) is 2.89. The molecule has 1 N–H and O–H groups in total. The van der Waals surface area contributed by atoms with E-state index in [0.29, 0.717) is 5.39 Å². The zero-order valence-corrected chi connectivity index (χ0v) is 10.3. The molecule has 0 fully saturated rings. The van der Waals surface area contributed by atoms with Crippen molar-refractivity contribution in [1.82, 2.24) is 5.32 Å². The highest BCUT2D eigenvalue weighted by molar-refractivity contribution is 7.17. The topological polar surface area (TPSA) is 12.0 Å². The molecule has 0 bridgehead atoms. The molecule has 2 aromatic rings. The molecule has 0 amide bonds. The molecular weight excluding hydrogens is 266 g/mol. The van der Waals surface area contributed by atoms with Crippen LogP contribution in [0.5, 0.6) is 0 Å². The highest BCUT2D eigenvalue weighted by atomic mass is 32.1. The second-order valence-corrected chi connectivity index (χ2v) is 4.80.